The van der Waals surface area contributed by atoms with Crippen LogP contribution in [0.1, 0.15) is 70.9 Å². The summed E-state index contributed by atoms with van der Waals surface area (Å²) in [5, 5.41) is 11.1. The van der Waals surface area contributed by atoms with Crippen LogP contribution < -0.4 is 0 Å². The summed E-state index contributed by atoms with van der Waals surface area (Å²) in [4.78, 5) is 17.6. The van der Waals surface area contributed by atoms with Gasteiger partial charge in [-0.15, -0.1) is 5.06 Å². The summed E-state index contributed by atoms with van der Waals surface area (Å²) in [5.41, 5.74) is 1.88. The Kier molecular flexibility index (Phi) is 5.90. The summed E-state index contributed by atoms with van der Waals surface area (Å²) in [6, 6.07) is 11.1. The van der Waals surface area contributed by atoms with Crippen molar-refractivity contribution in [1.29, 1.82) is 5.26 Å². The number of rotatable bonds is 4. The van der Waals surface area contributed by atoms with Crippen molar-refractivity contribution < 1.29 is 9.63 Å². The van der Waals surface area contributed by atoms with Gasteiger partial charge in [-0.05, 0) is 50.7 Å². The van der Waals surface area contributed by atoms with Gasteiger partial charge >= 0.3 is 5.97 Å². The molecule has 0 atom stereocenters. The average Bonchev–Trinajstić information content (AvgIpc) is 2.56. The lowest BCUT2D eigenvalue weighted by Gasteiger charge is -2.40. The first kappa shape index (κ1) is 19.5. The third-order valence-corrected chi connectivity index (χ3v) is 5.11. The van der Waals surface area contributed by atoms with Crippen molar-refractivity contribution in [2.75, 3.05) is 13.1 Å². The monoisotopic (exact) mass is 342 g/mol. The van der Waals surface area contributed by atoms with Gasteiger partial charge in [0.05, 0.1) is 11.5 Å². The van der Waals surface area contributed by atoms with E-state index in [0.717, 1.165) is 12.8 Å². The van der Waals surface area contributed by atoms with Crippen molar-refractivity contribution in [3.8, 4) is 6.07 Å². The van der Waals surface area contributed by atoms with Crippen molar-refractivity contribution >= 4 is 5.97 Å². The van der Waals surface area contributed by atoms with E-state index in [1.165, 1.54) is 11.1 Å². The lowest BCUT2D eigenvalue weighted by molar-refractivity contribution is -0.207. The molecule has 4 heteroatoms. The molecule has 25 heavy (non-hydrogen) atoms. The fraction of sp³-hybridized carbons (Fsp3) is 0.619. The molecule has 2 rings (SSSR count). The van der Waals surface area contributed by atoms with Gasteiger partial charge in [-0.2, -0.15) is 5.26 Å². The van der Waals surface area contributed by atoms with E-state index in [0.29, 0.717) is 25.4 Å². The molecule has 0 aliphatic carbocycles. The smallest absolute Gasteiger partial charge is 0.330 e. The molecule has 1 fully saturated rings. The molecule has 0 unspecified atom stereocenters. The number of hydroxylamine groups is 2. The molecule has 1 aliphatic heterocycles. The van der Waals surface area contributed by atoms with Gasteiger partial charge in [0, 0.05) is 24.9 Å². The number of nitriles is 1. The topological polar surface area (TPSA) is 53.3 Å². The van der Waals surface area contributed by atoms with Gasteiger partial charge in [0.15, 0.2) is 0 Å². The molecule has 1 aromatic rings. The molecule has 0 spiro atoms. The maximum absolute atomic E-state index is 12.1. The van der Waals surface area contributed by atoms with E-state index in [9.17, 15) is 10.1 Å². The Morgan fingerprint density at radius 2 is 1.80 bits per heavy atom. The molecule has 136 valence electrons. The van der Waals surface area contributed by atoms with E-state index in [1.54, 1.807) is 5.06 Å². The summed E-state index contributed by atoms with van der Waals surface area (Å²) in [7, 11) is 0. The van der Waals surface area contributed by atoms with E-state index in [1.807, 2.05) is 20.8 Å². The molecule has 0 N–H and O–H groups in total. The molecule has 1 saturated heterocycles. The maximum atomic E-state index is 12.1. The van der Waals surface area contributed by atoms with E-state index >= 15 is 0 Å². The van der Waals surface area contributed by atoms with Gasteiger partial charge in [-0.25, -0.2) is 4.79 Å². The highest BCUT2D eigenvalue weighted by atomic mass is 16.7. The van der Waals surface area contributed by atoms with Crippen molar-refractivity contribution in [2.45, 2.75) is 65.2 Å². The number of hydrogen-bond acceptors (Lipinski definition) is 4. The van der Waals surface area contributed by atoms with Crippen LogP contribution in [0.25, 0.3) is 0 Å². The molecular weight excluding hydrogens is 312 g/mol. The standard InChI is InChI=1S/C21H30N2O2/c1-16(2)17-6-8-18(9-7-17)21(10-13-22)11-14-23(15-12-21)25-19(24)20(3,4)5/h6-9,16H,10-12,14-15H2,1-5H3. The Labute approximate surface area is 151 Å². The van der Waals surface area contributed by atoms with E-state index in [-0.39, 0.29) is 11.4 Å². The molecule has 0 amide bonds. The Morgan fingerprint density at radius 1 is 1.24 bits per heavy atom. The zero-order chi connectivity index (χ0) is 18.7. The number of piperidine rings is 1. The van der Waals surface area contributed by atoms with Crippen LogP contribution >= 0.6 is 0 Å². The van der Waals surface area contributed by atoms with Crippen LogP contribution in [0.2, 0.25) is 0 Å². The van der Waals surface area contributed by atoms with Crippen LogP contribution in [0.4, 0.5) is 0 Å². The first-order chi connectivity index (χ1) is 11.7. The third kappa shape index (κ3) is 4.61. The SMILES string of the molecule is CC(C)c1ccc(C2(CC#N)CCN(OC(=O)C(C)(C)C)CC2)cc1. The Hall–Kier alpha value is -1.86. The van der Waals surface area contributed by atoms with Gasteiger partial charge < -0.3 is 4.84 Å². The van der Waals surface area contributed by atoms with Crippen LogP contribution in [0, 0.1) is 16.7 Å². The molecule has 0 saturated carbocycles. The highest BCUT2D eigenvalue weighted by Gasteiger charge is 2.38. The van der Waals surface area contributed by atoms with Crippen molar-refractivity contribution in [2.24, 2.45) is 5.41 Å². The predicted molar refractivity (Wildman–Crippen MR) is 98.8 cm³/mol. The second-order valence-electron chi connectivity index (χ2n) is 8.45. The minimum absolute atomic E-state index is 0.144. The van der Waals surface area contributed by atoms with E-state index in [2.05, 4.69) is 44.2 Å². The fourth-order valence-corrected chi connectivity index (χ4v) is 3.20. The van der Waals surface area contributed by atoms with Crippen LogP contribution in [0.15, 0.2) is 24.3 Å². The predicted octanol–water partition coefficient (Wildman–Crippen LogP) is 4.56. The zero-order valence-corrected chi connectivity index (χ0v) is 16.1. The van der Waals surface area contributed by atoms with Gasteiger partial charge in [-0.3, -0.25) is 0 Å². The lowest BCUT2D eigenvalue weighted by Crippen LogP contribution is -2.44. The highest BCUT2D eigenvalue weighted by molar-refractivity contribution is 5.75. The first-order valence-electron chi connectivity index (χ1n) is 9.13. The second-order valence-corrected chi connectivity index (χ2v) is 8.45. The van der Waals surface area contributed by atoms with Gasteiger partial charge in [-0.1, -0.05) is 38.1 Å². The van der Waals surface area contributed by atoms with Crippen molar-refractivity contribution in [1.82, 2.24) is 5.06 Å². The lowest BCUT2D eigenvalue weighted by atomic mass is 9.71. The number of hydrogen-bond donors (Lipinski definition) is 0. The minimum atomic E-state index is -0.506. The average molecular weight is 342 g/mol. The number of carbonyl (C=O) groups is 1. The van der Waals surface area contributed by atoms with Crippen LogP contribution in [-0.4, -0.2) is 24.1 Å². The normalized spacial score (nSPS) is 18.0. The van der Waals surface area contributed by atoms with Crippen LogP contribution in [-0.2, 0) is 15.0 Å². The quantitative estimate of drug-likeness (QED) is 0.805. The summed E-state index contributed by atoms with van der Waals surface area (Å²) >= 11 is 0. The molecule has 4 nitrogen and oxygen atoms in total. The number of benzene rings is 1. The van der Waals surface area contributed by atoms with Crippen molar-refractivity contribution in [3.05, 3.63) is 35.4 Å². The highest BCUT2D eigenvalue weighted by Crippen LogP contribution is 2.39. The van der Waals surface area contributed by atoms with E-state index in [4.69, 9.17) is 4.84 Å². The van der Waals surface area contributed by atoms with Crippen LogP contribution in [0.3, 0.4) is 0 Å². The second kappa shape index (κ2) is 7.58. The largest absolute Gasteiger partial charge is 0.367 e. The molecule has 1 aromatic carbocycles. The molecule has 0 bridgehead atoms. The van der Waals surface area contributed by atoms with Crippen LogP contribution in [0.5, 0.6) is 0 Å². The Morgan fingerprint density at radius 3 is 2.24 bits per heavy atom. The van der Waals surface area contributed by atoms with Gasteiger partial charge in [0.2, 0.25) is 0 Å². The van der Waals surface area contributed by atoms with E-state index < -0.39 is 5.41 Å². The Balaban J connectivity index is 2.10. The van der Waals surface area contributed by atoms with Crippen molar-refractivity contribution in [3.63, 3.8) is 0 Å². The summed E-state index contributed by atoms with van der Waals surface area (Å²) in [6.07, 6.45) is 2.13. The number of carbonyl (C=O) groups excluding carboxylic acids is 1. The van der Waals surface area contributed by atoms with Gasteiger partial charge in [0.25, 0.3) is 0 Å². The fourth-order valence-electron chi connectivity index (χ4n) is 3.20. The maximum Gasteiger partial charge on any atom is 0.330 e. The number of nitrogens with zero attached hydrogens (tertiary/aromatic N) is 2. The minimum Gasteiger partial charge on any atom is -0.367 e. The molecule has 0 aromatic heterocycles. The summed E-state index contributed by atoms with van der Waals surface area (Å²) in [6.45, 7) is 11.3. The van der Waals surface area contributed by atoms with Gasteiger partial charge in [0.1, 0.15) is 0 Å². The molecule has 1 heterocycles. The molecule has 0 radical (unpaired) electrons. The third-order valence-electron chi connectivity index (χ3n) is 5.11. The zero-order valence-electron chi connectivity index (χ0n) is 16.1. The summed E-state index contributed by atoms with van der Waals surface area (Å²) in [5.74, 6) is 0.293. The Bertz CT molecular complexity index is 627. The molecular formula is C21H30N2O2. The first-order valence-corrected chi connectivity index (χ1v) is 9.13. The molecule has 1 aliphatic rings. The summed E-state index contributed by atoms with van der Waals surface area (Å²) < 4.78 is 0.